The molecule has 0 aromatic heterocycles. The van der Waals surface area contributed by atoms with E-state index in [1.54, 1.807) is 0 Å². The number of nitro groups is 1. The van der Waals surface area contributed by atoms with Crippen molar-refractivity contribution in [3.8, 4) is 11.5 Å². The van der Waals surface area contributed by atoms with E-state index < -0.39 is 16.4 Å². The van der Waals surface area contributed by atoms with Gasteiger partial charge in [0, 0.05) is 17.7 Å². The van der Waals surface area contributed by atoms with Crippen LogP contribution in [0.25, 0.3) is 0 Å². The van der Waals surface area contributed by atoms with Crippen LogP contribution in [0.5, 0.6) is 11.5 Å². The summed E-state index contributed by atoms with van der Waals surface area (Å²) >= 11 is 5.23. The summed E-state index contributed by atoms with van der Waals surface area (Å²) in [6.45, 7) is 2.20. The third-order valence-electron chi connectivity index (χ3n) is 4.30. The number of ether oxygens (including phenoxy) is 1. The molecule has 9 heteroatoms. The van der Waals surface area contributed by atoms with E-state index in [9.17, 15) is 15.2 Å². The summed E-state index contributed by atoms with van der Waals surface area (Å²) < 4.78 is 4.94. The fraction of sp³-hybridized carbons (Fsp3) is 0.500. The van der Waals surface area contributed by atoms with E-state index in [1.165, 1.54) is 44.7 Å². The summed E-state index contributed by atoms with van der Waals surface area (Å²) in [6.07, 6.45) is 6.08. The molecule has 0 spiro atoms. The SMILES string of the molecule is COc1cc(/C=N\NC(=S)N[C@@H]2CCCC[C@@H]2C)cc([N+](=O)[O-])c1O. The number of nitrogens with one attached hydrogen (secondary N) is 2. The first-order valence-corrected chi connectivity index (χ1v) is 8.48. The molecule has 25 heavy (non-hydrogen) atoms. The number of hydrogen-bond donors (Lipinski definition) is 3. The molecule has 0 unspecified atom stereocenters. The summed E-state index contributed by atoms with van der Waals surface area (Å²) in [7, 11) is 1.32. The van der Waals surface area contributed by atoms with Crippen LogP contribution in [0.15, 0.2) is 17.2 Å². The van der Waals surface area contributed by atoms with E-state index in [4.69, 9.17) is 17.0 Å². The van der Waals surface area contributed by atoms with Gasteiger partial charge in [-0.2, -0.15) is 5.10 Å². The maximum Gasteiger partial charge on any atom is 0.315 e. The highest BCUT2D eigenvalue weighted by Crippen LogP contribution is 2.36. The van der Waals surface area contributed by atoms with Crippen LogP contribution in [0.2, 0.25) is 0 Å². The van der Waals surface area contributed by atoms with Crippen molar-refractivity contribution >= 4 is 29.2 Å². The van der Waals surface area contributed by atoms with Crippen LogP contribution in [-0.4, -0.2) is 34.5 Å². The molecule has 1 fully saturated rings. The van der Waals surface area contributed by atoms with Gasteiger partial charge in [0.2, 0.25) is 5.75 Å². The Bertz CT molecular complexity index is 680. The van der Waals surface area contributed by atoms with Crippen molar-refractivity contribution in [2.75, 3.05) is 7.11 Å². The van der Waals surface area contributed by atoms with Crippen LogP contribution in [0.1, 0.15) is 38.2 Å². The first-order chi connectivity index (χ1) is 11.9. The Morgan fingerprint density at radius 3 is 2.84 bits per heavy atom. The number of hydrogen-bond acceptors (Lipinski definition) is 6. The minimum Gasteiger partial charge on any atom is -0.500 e. The Morgan fingerprint density at radius 2 is 2.20 bits per heavy atom. The molecule has 0 radical (unpaired) electrons. The lowest BCUT2D eigenvalue weighted by Crippen LogP contribution is -2.44. The predicted octanol–water partition coefficient (Wildman–Crippen LogP) is 2.69. The van der Waals surface area contributed by atoms with Crippen molar-refractivity contribution in [1.29, 1.82) is 0 Å². The normalized spacial score (nSPS) is 20.2. The lowest BCUT2D eigenvalue weighted by atomic mass is 9.86. The number of hydrazone groups is 1. The first-order valence-electron chi connectivity index (χ1n) is 8.07. The number of phenols is 1. The molecule has 0 bridgehead atoms. The Kier molecular flexibility index (Phi) is 6.51. The molecule has 1 aromatic rings. The maximum atomic E-state index is 11.0. The molecule has 136 valence electrons. The van der Waals surface area contributed by atoms with Gasteiger partial charge < -0.3 is 15.2 Å². The molecule has 1 saturated carbocycles. The zero-order valence-corrected chi connectivity index (χ0v) is 15.0. The fourth-order valence-corrected chi connectivity index (χ4v) is 3.08. The second kappa shape index (κ2) is 8.61. The monoisotopic (exact) mass is 366 g/mol. The van der Waals surface area contributed by atoms with E-state index in [0.29, 0.717) is 22.6 Å². The van der Waals surface area contributed by atoms with E-state index >= 15 is 0 Å². The summed E-state index contributed by atoms with van der Waals surface area (Å²) in [5.74, 6) is 0.0509. The number of aromatic hydroxyl groups is 1. The highest BCUT2D eigenvalue weighted by atomic mass is 32.1. The van der Waals surface area contributed by atoms with Gasteiger partial charge in [0.25, 0.3) is 0 Å². The molecule has 3 N–H and O–H groups in total. The second-order valence-electron chi connectivity index (χ2n) is 6.06. The van der Waals surface area contributed by atoms with E-state index in [2.05, 4.69) is 22.8 Å². The van der Waals surface area contributed by atoms with Crippen LogP contribution in [0, 0.1) is 16.0 Å². The summed E-state index contributed by atoms with van der Waals surface area (Å²) in [4.78, 5) is 10.3. The second-order valence-corrected chi connectivity index (χ2v) is 6.47. The minimum absolute atomic E-state index is 0.00684. The van der Waals surface area contributed by atoms with Crippen LogP contribution < -0.4 is 15.5 Å². The van der Waals surface area contributed by atoms with Crippen molar-refractivity contribution in [3.63, 3.8) is 0 Å². The maximum absolute atomic E-state index is 11.0. The molecule has 2 rings (SSSR count). The average molecular weight is 366 g/mol. The van der Waals surface area contributed by atoms with Crippen LogP contribution in [-0.2, 0) is 0 Å². The molecule has 1 aromatic carbocycles. The third-order valence-corrected chi connectivity index (χ3v) is 4.51. The Hall–Kier alpha value is -2.42. The van der Waals surface area contributed by atoms with Gasteiger partial charge in [-0.3, -0.25) is 15.5 Å². The quantitative estimate of drug-likeness (QED) is 0.318. The van der Waals surface area contributed by atoms with Gasteiger partial charge in [0.05, 0.1) is 18.2 Å². The largest absolute Gasteiger partial charge is 0.500 e. The van der Waals surface area contributed by atoms with E-state index in [-0.39, 0.29) is 5.75 Å². The minimum atomic E-state index is -0.681. The van der Waals surface area contributed by atoms with Crippen molar-refractivity contribution in [1.82, 2.24) is 10.7 Å². The van der Waals surface area contributed by atoms with Gasteiger partial charge in [-0.25, -0.2) is 0 Å². The van der Waals surface area contributed by atoms with Gasteiger partial charge in [-0.05, 0) is 37.0 Å². The molecule has 1 aliphatic carbocycles. The standard InChI is InChI=1S/C16H22N4O4S/c1-10-5-3-4-6-12(10)18-16(25)19-17-9-11-7-13(20(22)23)15(21)14(8-11)24-2/h7-10,12,21H,3-6H2,1-2H3,(H2,18,19,25)/b17-9-/t10-,12+/m0/s1. The van der Waals surface area contributed by atoms with Gasteiger partial charge in [0.15, 0.2) is 10.9 Å². The van der Waals surface area contributed by atoms with E-state index in [0.717, 1.165) is 6.42 Å². The summed E-state index contributed by atoms with van der Waals surface area (Å²) in [5, 5.41) is 28.4. The number of thiocarbonyl (C=S) groups is 1. The predicted molar refractivity (Wildman–Crippen MR) is 99.2 cm³/mol. The molecule has 0 amide bonds. The smallest absolute Gasteiger partial charge is 0.315 e. The molecule has 8 nitrogen and oxygen atoms in total. The Balaban J connectivity index is 2.00. The van der Waals surface area contributed by atoms with Gasteiger partial charge in [-0.15, -0.1) is 0 Å². The molecular weight excluding hydrogens is 344 g/mol. The van der Waals surface area contributed by atoms with Crippen molar-refractivity contribution < 1.29 is 14.8 Å². The number of rotatable bonds is 5. The Labute approximate surface area is 151 Å². The third kappa shape index (κ3) is 5.02. The molecule has 0 saturated heterocycles. The number of phenolic OH excluding ortho intramolecular Hbond substituents is 1. The van der Waals surface area contributed by atoms with Crippen LogP contribution in [0.4, 0.5) is 5.69 Å². The number of methoxy groups -OCH3 is 1. The number of nitrogens with zero attached hydrogens (tertiary/aromatic N) is 2. The molecule has 0 heterocycles. The van der Waals surface area contributed by atoms with Gasteiger partial charge in [-0.1, -0.05) is 19.8 Å². The zero-order valence-electron chi connectivity index (χ0n) is 14.2. The lowest BCUT2D eigenvalue weighted by Gasteiger charge is -2.30. The van der Waals surface area contributed by atoms with Crippen LogP contribution in [0.3, 0.4) is 0 Å². The molecule has 2 atom stereocenters. The van der Waals surface area contributed by atoms with Crippen molar-refractivity contribution in [2.24, 2.45) is 11.0 Å². The summed E-state index contributed by atoms with van der Waals surface area (Å²) in [5.41, 5.74) is 2.67. The molecule has 0 aliphatic heterocycles. The average Bonchev–Trinajstić information content (AvgIpc) is 2.58. The number of benzene rings is 1. The number of nitro benzene ring substituents is 1. The molecular formula is C16H22N4O4S. The molecule has 1 aliphatic rings. The zero-order chi connectivity index (χ0) is 18.4. The van der Waals surface area contributed by atoms with Crippen LogP contribution >= 0.6 is 12.2 Å². The highest BCUT2D eigenvalue weighted by molar-refractivity contribution is 7.80. The Morgan fingerprint density at radius 1 is 1.48 bits per heavy atom. The van der Waals surface area contributed by atoms with Gasteiger partial charge >= 0.3 is 5.69 Å². The van der Waals surface area contributed by atoms with Crippen molar-refractivity contribution in [3.05, 3.63) is 27.8 Å². The topological polar surface area (TPSA) is 109 Å². The summed E-state index contributed by atoms with van der Waals surface area (Å²) in [6, 6.07) is 2.99. The first kappa shape index (κ1) is 18.9. The van der Waals surface area contributed by atoms with E-state index in [1.807, 2.05) is 0 Å². The highest BCUT2D eigenvalue weighted by Gasteiger charge is 2.21. The lowest BCUT2D eigenvalue weighted by molar-refractivity contribution is -0.386. The fourth-order valence-electron chi connectivity index (χ4n) is 2.88. The van der Waals surface area contributed by atoms with Crippen molar-refractivity contribution in [2.45, 2.75) is 38.6 Å². The van der Waals surface area contributed by atoms with Gasteiger partial charge in [0.1, 0.15) is 0 Å².